The van der Waals surface area contributed by atoms with Gasteiger partial charge in [-0.15, -0.1) is 0 Å². The number of ether oxygens (including phenoxy) is 3. The van der Waals surface area contributed by atoms with E-state index in [4.69, 9.17) is 19.3 Å². The van der Waals surface area contributed by atoms with Crippen LogP contribution in [0, 0.1) is 0 Å². The van der Waals surface area contributed by atoms with E-state index in [-0.39, 0.29) is 12.6 Å². The number of carbonyl (C=O) groups is 1. The summed E-state index contributed by atoms with van der Waals surface area (Å²) in [6, 6.07) is 27.9. The molecule has 0 saturated carbocycles. The van der Waals surface area contributed by atoms with Crippen molar-refractivity contribution in [1.82, 2.24) is 9.78 Å². The van der Waals surface area contributed by atoms with Crippen molar-refractivity contribution in [1.29, 1.82) is 0 Å². The van der Waals surface area contributed by atoms with Gasteiger partial charge in [0.2, 0.25) is 12.5 Å². The molecule has 0 spiro atoms. The van der Waals surface area contributed by atoms with Gasteiger partial charge in [0.25, 0.3) is 0 Å². The molecule has 4 aromatic carbocycles. The van der Waals surface area contributed by atoms with Crippen LogP contribution < -0.4 is 14.2 Å². The van der Waals surface area contributed by atoms with E-state index in [1.807, 2.05) is 90.6 Å². The molecule has 5 aromatic rings. The Bertz CT molecular complexity index is 1660. The summed E-state index contributed by atoms with van der Waals surface area (Å²) in [6.07, 6.45) is 4.20. The molecule has 0 amide bonds. The second-order valence-electron chi connectivity index (χ2n) is 9.89. The average Bonchev–Trinajstić information content (AvgIpc) is 3.60. The lowest BCUT2D eigenvalue weighted by Gasteiger charge is -2.33. The number of hydrogen-bond donors (Lipinski definition) is 0. The molecule has 1 aliphatic heterocycles. The lowest BCUT2D eigenvalue weighted by atomic mass is 9.84. The van der Waals surface area contributed by atoms with Gasteiger partial charge in [0.1, 0.15) is 5.75 Å². The summed E-state index contributed by atoms with van der Waals surface area (Å²) >= 11 is 0. The second-order valence-corrected chi connectivity index (χ2v) is 9.89. The minimum atomic E-state index is -0.960. The van der Waals surface area contributed by atoms with Gasteiger partial charge in [-0.2, -0.15) is 5.10 Å². The van der Waals surface area contributed by atoms with E-state index in [0.717, 1.165) is 57.3 Å². The molecule has 38 heavy (non-hydrogen) atoms. The standard InChI is InChI=1S/C32H26N2O4/c1-32(23-9-3-2-4-10-23,34-19-22-8-5-6-12-26(22)33-34)38-29-17-15-24-25(11-7-13-27(24)35)31(29)21-14-16-28-30(18-21)37-20-36-28/h2-6,8-10,12,14-19H,7,11,13,20H2,1H3/t32-/m0/s1. The Morgan fingerprint density at radius 3 is 2.58 bits per heavy atom. The maximum absolute atomic E-state index is 12.9. The molecule has 1 atom stereocenters. The lowest BCUT2D eigenvalue weighted by molar-refractivity contribution is 0.0425. The number of ketones is 1. The van der Waals surface area contributed by atoms with Crippen LogP contribution in [0.25, 0.3) is 22.0 Å². The number of hydrogen-bond acceptors (Lipinski definition) is 5. The van der Waals surface area contributed by atoms with E-state index in [9.17, 15) is 4.79 Å². The number of aromatic nitrogens is 2. The van der Waals surface area contributed by atoms with Crippen molar-refractivity contribution in [3.8, 4) is 28.4 Å². The fourth-order valence-electron chi connectivity index (χ4n) is 5.54. The number of nitrogens with zero attached hydrogens (tertiary/aromatic N) is 2. The van der Waals surface area contributed by atoms with Gasteiger partial charge < -0.3 is 14.2 Å². The Labute approximate surface area is 220 Å². The highest BCUT2D eigenvalue weighted by atomic mass is 16.7. The van der Waals surface area contributed by atoms with Crippen LogP contribution in [0.1, 0.15) is 41.3 Å². The SMILES string of the molecule is C[C@](Oc1ccc2c(c1-c1ccc3c(c1)OCO3)CCCC2=O)(c1ccccc1)n1cc2ccccc2n1. The van der Waals surface area contributed by atoms with Crippen molar-refractivity contribution in [3.63, 3.8) is 0 Å². The lowest BCUT2D eigenvalue weighted by Crippen LogP contribution is -2.38. The third-order valence-corrected chi connectivity index (χ3v) is 7.54. The highest BCUT2D eigenvalue weighted by molar-refractivity contribution is 6.01. The van der Waals surface area contributed by atoms with Crippen LogP contribution in [-0.4, -0.2) is 22.4 Å². The number of benzene rings is 4. The molecule has 0 saturated heterocycles. The molecule has 2 aliphatic rings. The van der Waals surface area contributed by atoms with Gasteiger partial charge in [-0.3, -0.25) is 4.79 Å². The highest BCUT2D eigenvalue weighted by Gasteiger charge is 2.35. The number of carbonyl (C=O) groups excluding carboxylic acids is 1. The van der Waals surface area contributed by atoms with Crippen molar-refractivity contribution >= 4 is 16.7 Å². The minimum Gasteiger partial charge on any atom is -0.462 e. The summed E-state index contributed by atoms with van der Waals surface area (Å²) in [4.78, 5) is 12.9. The van der Waals surface area contributed by atoms with Crippen LogP contribution in [-0.2, 0) is 12.1 Å². The predicted molar refractivity (Wildman–Crippen MR) is 145 cm³/mol. The van der Waals surface area contributed by atoms with E-state index in [0.29, 0.717) is 17.9 Å². The van der Waals surface area contributed by atoms with Gasteiger partial charge in [0.05, 0.1) is 5.52 Å². The minimum absolute atomic E-state index is 0.170. The molecule has 6 nitrogen and oxygen atoms in total. The van der Waals surface area contributed by atoms with Crippen LogP contribution in [0.5, 0.6) is 17.2 Å². The second kappa shape index (κ2) is 8.77. The molecule has 1 aromatic heterocycles. The summed E-state index contributed by atoms with van der Waals surface area (Å²) in [5, 5.41) is 5.94. The van der Waals surface area contributed by atoms with Crippen LogP contribution in [0.3, 0.4) is 0 Å². The van der Waals surface area contributed by atoms with Crippen molar-refractivity contribution < 1.29 is 19.0 Å². The quantitative estimate of drug-likeness (QED) is 0.266. The zero-order valence-electron chi connectivity index (χ0n) is 21.0. The third kappa shape index (κ3) is 3.64. The van der Waals surface area contributed by atoms with Gasteiger partial charge in [0.15, 0.2) is 17.3 Å². The molecule has 1 aliphatic carbocycles. The van der Waals surface area contributed by atoms with Crippen molar-refractivity contribution in [3.05, 3.63) is 108 Å². The molecule has 188 valence electrons. The van der Waals surface area contributed by atoms with E-state index in [1.54, 1.807) is 0 Å². The van der Waals surface area contributed by atoms with E-state index < -0.39 is 5.72 Å². The largest absolute Gasteiger partial charge is 0.462 e. The number of Topliss-reactive ketones (excluding diaryl/α,β-unsaturated/α-hetero) is 1. The maximum Gasteiger partial charge on any atom is 0.231 e. The first kappa shape index (κ1) is 22.6. The van der Waals surface area contributed by atoms with Crippen LogP contribution in [0.15, 0.2) is 91.1 Å². The smallest absolute Gasteiger partial charge is 0.231 e. The van der Waals surface area contributed by atoms with Gasteiger partial charge in [0, 0.05) is 41.6 Å². The number of fused-ring (bicyclic) bond motifs is 3. The van der Waals surface area contributed by atoms with Crippen LogP contribution in [0.2, 0.25) is 0 Å². The van der Waals surface area contributed by atoms with E-state index in [2.05, 4.69) is 12.1 Å². The van der Waals surface area contributed by atoms with Gasteiger partial charge in [-0.25, -0.2) is 4.68 Å². The summed E-state index contributed by atoms with van der Waals surface area (Å²) in [5.74, 6) is 2.26. The van der Waals surface area contributed by atoms with Gasteiger partial charge in [-0.05, 0) is 54.3 Å². The molecule has 0 radical (unpaired) electrons. The van der Waals surface area contributed by atoms with Gasteiger partial charge in [-0.1, -0.05) is 54.6 Å². The first-order valence-corrected chi connectivity index (χ1v) is 12.9. The maximum atomic E-state index is 12.9. The molecule has 0 unspecified atom stereocenters. The Balaban J connectivity index is 1.43. The molecule has 0 N–H and O–H groups in total. The zero-order valence-corrected chi connectivity index (χ0v) is 21.0. The molecule has 0 bridgehead atoms. The summed E-state index contributed by atoms with van der Waals surface area (Å²) in [7, 11) is 0. The molecule has 7 rings (SSSR count). The molecule has 6 heteroatoms. The Hall–Kier alpha value is -4.58. The monoisotopic (exact) mass is 502 g/mol. The third-order valence-electron chi connectivity index (χ3n) is 7.54. The zero-order chi connectivity index (χ0) is 25.7. The highest BCUT2D eigenvalue weighted by Crippen LogP contribution is 2.45. The van der Waals surface area contributed by atoms with Crippen LogP contribution >= 0.6 is 0 Å². The molecular formula is C32H26N2O4. The molecular weight excluding hydrogens is 476 g/mol. The Kier molecular flexibility index (Phi) is 5.22. The average molecular weight is 503 g/mol. The summed E-state index contributed by atoms with van der Waals surface area (Å²) in [6.45, 7) is 2.23. The van der Waals surface area contributed by atoms with E-state index >= 15 is 0 Å². The number of rotatable bonds is 5. The van der Waals surface area contributed by atoms with Crippen molar-refractivity contribution in [2.75, 3.05) is 6.79 Å². The van der Waals surface area contributed by atoms with Crippen molar-refractivity contribution in [2.24, 2.45) is 0 Å². The molecule has 2 heterocycles. The predicted octanol–water partition coefficient (Wildman–Crippen LogP) is 6.75. The van der Waals surface area contributed by atoms with Gasteiger partial charge >= 0.3 is 0 Å². The van der Waals surface area contributed by atoms with E-state index in [1.165, 1.54) is 0 Å². The fraction of sp³-hybridized carbons (Fsp3) is 0.188. The first-order chi connectivity index (χ1) is 18.6. The summed E-state index contributed by atoms with van der Waals surface area (Å²) < 4.78 is 20.2. The Morgan fingerprint density at radius 1 is 0.895 bits per heavy atom. The topological polar surface area (TPSA) is 62.6 Å². The fourth-order valence-corrected chi connectivity index (χ4v) is 5.54. The Morgan fingerprint density at radius 2 is 1.71 bits per heavy atom. The van der Waals surface area contributed by atoms with Crippen LogP contribution in [0.4, 0.5) is 0 Å². The summed E-state index contributed by atoms with van der Waals surface area (Å²) in [5.41, 5.74) is 4.51. The first-order valence-electron chi connectivity index (χ1n) is 12.9. The van der Waals surface area contributed by atoms with Crippen molar-refractivity contribution in [2.45, 2.75) is 31.9 Å². The molecule has 0 fully saturated rings. The normalized spacial score (nSPS) is 15.8.